The second-order valence-electron chi connectivity index (χ2n) is 4.70. The molecule has 0 atom stereocenters. The first-order valence-corrected chi connectivity index (χ1v) is 7.57. The fraction of sp³-hybridized carbons (Fsp3) is 0. The third-order valence-electron chi connectivity index (χ3n) is 3.07. The van der Waals surface area contributed by atoms with Gasteiger partial charge < -0.3 is 0 Å². The number of fused-ring (bicyclic) bond motifs is 1. The first-order valence-electron chi connectivity index (χ1n) is 6.75. The number of benzene rings is 2. The highest BCUT2D eigenvalue weighted by molar-refractivity contribution is 7.22. The normalized spacial score (nSPS) is 10.3. The van der Waals surface area contributed by atoms with Crippen molar-refractivity contribution in [2.75, 3.05) is 5.32 Å². The minimum atomic E-state index is -0.725. The van der Waals surface area contributed by atoms with E-state index in [1.54, 1.807) is 30.3 Å². The highest BCUT2D eigenvalue weighted by Gasteiger charge is 2.14. The van der Waals surface area contributed by atoms with E-state index in [0.717, 1.165) is 11.3 Å². The summed E-state index contributed by atoms with van der Waals surface area (Å²) < 4.78 is 0.564. The van der Waals surface area contributed by atoms with Crippen LogP contribution in [0.1, 0.15) is 10.4 Å². The van der Waals surface area contributed by atoms with Crippen molar-refractivity contribution in [2.24, 2.45) is 0 Å². The van der Waals surface area contributed by atoms with E-state index in [2.05, 4.69) is 15.6 Å². The molecule has 2 N–H and O–H groups in total. The quantitative estimate of drug-likeness (QED) is 0.560. The summed E-state index contributed by atoms with van der Waals surface area (Å²) >= 11 is 1.08. The molecule has 1 aromatic heterocycles. The van der Waals surface area contributed by atoms with Crippen LogP contribution in [0.3, 0.4) is 0 Å². The molecule has 1 heterocycles. The van der Waals surface area contributed by atoms with E-state index in [1.165, 1.54) is 18.2 Å². The molecule has 3 amide bonds. The van der Waals surface area contributed by atoms with Crippen LogP contribution in [0.15, 0.2) is 48.5 Å². The Balaban J connectivity index is 1.71. The number of nitro groups is 1. The van der Waals surface area contributed by atoms with Crippen molar-refractivity contribution in [3.05, 3.63) is 64.2 Å². The number of carbonyl (C=O) groups is 2. The number of imide groups is 1. The monoisotopic (exact) mass is 342 g/mol. The molecule has 0 aliphatic heterocycles. The standard InChI is InChI=1S/C15H10N4O4S/c20-13(9-4-2-1-3-5-9)17-14(21)18-15-16-11-7-6-10(19(22)23)8-12(11)24-15/h1-8H,(H2,16,17,18,20,21). The maximum atomic E-state index is 11.9. The van der Waals surface area contributed by atoms with Crippen molar-refractivity contribution in [3.8, 4) is 0 Å². The van der Waals surface area contributed by atoms with E-state index < -0.39 is 16.9 Å². The number of non-ortho nitro benzene ring substituents is 1. The second kappa shape index (κ2) is 6.42. The number of nitrogens with one attached hydrogen (secondary N) is 2. The van der Waals surface area contributed by atoms with Gasteiger partial charge in [0.1, 0.15) is 0 Å². The Labute approximate surface area is 139 Å². The molecule has 24 heavy (non-hydrogen) atoms. The molecule has 3 aromatic rings. The largest absolute Gasteiger partial charge is 0.327 e. The van der Waals surface area contributed by atoms with Crippen LogP contribution < -0.4 is 10.6 Å². The average molecular weight is 342 g/mol. The van der Waals surface area contributed by atoms with Crippen molar-refractivity contribution < 1.29 is 14.5 Å². The van der Waals surface area contributed by atoms with Gasteiger partial charge in [0.15, 0.2) is 5.13 Å². The Bertz CT molecular complexity index is 939. The molecule has 0 saturated carbocycles. The van der Waals surface area contributed by atoms with Gasteiger partial charge in [-0.05, 0) is 18.2 Å². The van der Waals surface area contributed by atoms with Gasteiger partial charge in [-0.3, -0.25) is 25.5 Å². The zero-order chi connectivity index (χ0) is 17.1. The van der Waals surface area contributed by atoms with Crippen molar-refractivity contribution in [3.63, 3.8) is 0 Å². The lowest BCUT2D eigenvalue weighted by molar-refractivity contribution is -0.384. The van der Waals surface area contributed by atoms with Crippen LogP contribution in [0.25, 0.3) is 10.2 Å². The fourth-order valence-electron chi connectivity index (χ4n) is 1.97. The van der Waals surface area contributed by atoms with Gasteiger partial charge in [0.2, 0.25) is 0 Å². The molecule has 0 aliphatic rings. The summed E-state index contributed by atoms with van der Waals surface area (Å²) in [6, 6.07) is 11.8. The van der Waals surface area contributed by atoms with Gasteiger partial charge in [0.05, 0.1) is 15.1 Å². The molecule has 0 unspecified atom stereocenters. The third-order valence-corrected chi connectivity index (χ3v) is 4.00. The van der Waals surface area contributed by atoms with Crippen LogP contribution in [0, 0.1) is 10.1 Å². The number of anilines is 1. The number of carbonyl (C=O) groups excluding carboxylic acids is 2. The molecule has 9 heteroatoms. The molecule has 0 radical (unpaired) electrons. The number of urea groups is 1. The van der Waals surface area contributed by atoms with Gasteiger partial charge in [-0.2, -0.15) is 0 Å². The number of nitrogens with zero attached hydrogens (tertiary/aromatic N) is 2. The number of hydrogen-bond donors (Lipinski definition) is 2. The highest BCUT2D eigenvalue weighted by atomic mass is 32.1. The molecule has 0 spiro atoms. The van der Waals surface area contributed by atoms with E-state index in [4.69, 9.17) is 0 Å². The zero-order valence-electron chi connectivity index (χ0n) is 12.1. The molecular weight excluding hydrogens is 332 g/mol. The first-order chi connectivity index (χ1) is 11.5. The number of rotatable bonds is 3. The fourth-order valence-corrected chi connectivity index (χ4v) is 2.87. The SMILES string of the molecule is O=C(NC(=O)c1ccccc1)Nc1nc2ccc([N+](=O)[O-])cc2s1. The minimum Gasteiger partial charge on any atom is -0.283 e. The van der Waals surface area contributed by atoms with Crippen LogP contribution in [-0.4, -0.2) is 21.8 Å². The molecule has 0 aliphatic carbocycles. The Morgan fingerprint density at radius 3 is 2.58 bits per heavy atom. The van der Waals surface area contributed by atoms with E-state index in [1.807, 2.05) is 0 Å². The van der Waals surface area contributed by atoms with Gasteiger partial charge >= 0.3 is 6.03 Å². The average Bonchev–Trinajstić information content (AvgIpc) is 2.96. The molecule has 120 valence electrons. The summed E-state index contributed by atoms with van der Waals surface area (Å²) in [6.07, 6.45) is 0. The number of hydrogen-bond acceptors (Lipinski definition) is 6. The van der Waals surface area contributed by atoms with E-state index in [0.29, 0.717) is 15.8 Å². The molecular formula is C15H10N4O4S. The molecule has 0 saturated heterocycles. The Kier molecular flexibility index (Phi) is 4.17. The topological polar surface area (TPSA) is 114 Å². The van der Waals surface area contributed by atoms with Gasteiger partial charge in [0.25, 0.3) is 11.6 Å². The second-order valence-corrected chi connectivity index (χ2v) is 5.73. The summed E-state index contributed by atoms with van der Waals surface area (Å²) in [4.78, 5) is 38.1. The lowest BCUT2D eigenvalue weighted by Crippen LogP contribution is -2.34. The van der Waals surface area contributed by atoms with Crippen molar-refractivity contribution in [2.45, 2.75) is 0 Å². The summed E-state index contributed by atoms with van der Waals surface area (Å²) in [6.45, 7) is 0. The third kappa shape index (κ3) is 3.36. The van der Waals surface area contributed by atoms with E-state index in [9.17, 15) is 19.7 Å². The Hall–Kier alpha value is -3.33. The lowest BCUT2D eigenvalue weighted by atomic mass is 10.2. The van der Waals surface area contributed by atoms with Crippen LogP contribution in [0.4, 0.5) is 15.6 Å². The van der Waals surface area contributed by atoms with Crippen molar-refractivity contribution in [1.29, 1.82) is 0 Å². The summed E-state index contributed by atoms with van der Waals surface area (Å²) in [5.74, 6) is -0.537. The first kappa shape index (κ1) is 15.6. The zero-order valence-corrected chi connectivity index (χ0v) is 12.9. The van der Waals surface area contributed by atoms with Gasteiger partial charge in [-0.25, -0.2) is 9.78 Å². The lowest BCUT2D eigenvalue weighted by Gasteiger charge is -2.03. The summed E-state index contributed by atoms with van der Waals surface area (Å²) in [7, 11) is 0. The van der Waals surface area contributed by atoms with Crippen LogP contribution in [0.2, 0.25) is 0 Å². The molecule has 3 rings (SSSR count). The smallest absolute Gasteiger partial charge is 0.283 e. The van der Waals surface area contributed by atoms with Crippen LogP contribution in [-0.2, 0) is 0 Å². The number of nitro benzene ring substituents is 1. The molecule has 0 bridgehead atoms. The van der Waals surface area contributed by atoms with Crippen molar-refractivity contribution in [1.82, 2.24) is 10.3 Å². The Morgan fingerprint density at radius 2 is 1.88 bits per heavy atom. The Morgan fingerprint density at radius 1 is 1.12 bits per heavy atom. The van der Waals surface area contributed by atoms with Gasteiger partial charge in [0, 0.05) is 17.7 Å². The summed E-state index contributed by atoms with van der Waals surface area (Å²) in [5.41, 5.74) is 0.823. The van der Waals surface area contributed by atoms with Crippen LogP contribution >= 0.6 is 11.3 Å². The van der Waals surface area contributed by atoms with E-state index >= 15 is 0 Å². The molecule has 2 aromatic carbocycles. The van der Waals surface area contributed by atoms with Crippen molar-refractivity contribution >= 4 is 44.3 Å². The van der Waals surface area contributed by atoms with E-state index in [-0.39, 0.29) is 10.8 Å². The van der Waals surface area contributed by atoms with Gasteiger partial charge in [-0.15, -0.1) is 0 Å². The highest BCUT2D eigenvalue weighted by Crippen LogP contribution is 2.29. The molecule has 8 nitrogen and oxygen atoms in total. The number of amides is 3. The van der Waals surface area contributed by atoms with Crippen LogP contribution in [0.5, 0.6) is 0 Å². The number of aromatic nitrogens is 1. The maximum absolute atomic E-state index is 11.9. The number of thiazole rings is 1. The predicted octanol–water partition coefficient (Wildman–Crippen LogP) is 3.17. The summed E-state index contributed by atoms with van der Waals surface area (Å²) in [5, 5.41) is 15.6. The minimum absolute atomic E-state index is 0.0543. The molecule has 0 fully saturated rings. The van der Waals surface area contributed by atoms with Gasteiger partial charge in [-0.1, -0.05) is 29.5 Å². The predicted molar refractivity (Wildman–Crippen MR) is 89.2 cm³/mol. The maximum Gasteiger partial charge on any atom is 0.327 e.